The predicted molar refractivity (Wildman–Crippen MR) is 90.5 cm³/mol. The van der Waals surface area contributed by atoms with Crippen molar-refractivity contribution < 1.29 is 9.30 Å². The second-order valence-electron chi connectivity index (χ2n) is 5.35. The largest absolute Gasteiger partial charge is 0.497 e. The average molecular weight is 323 g/mol. The smallest absolute Gasteiger partial charge is 0.173 e. The lowest BCUT2D eigenvalue weighted by atomic mass is 10.3. The molecular weight excluding hydrogens is 304 g/mol. The lowest BCUT2D eigenvalue weighted by molar-refractivity contribution is -0.671. The van der Waals surface area contributed by atoms with Crippen molar-refractivity contribution in [1.82, 2.24) is 9.78 Å². The van der Waals surface area contributed by atoms with Gasteiger partial charge in [-0.25, -0.2) is 9.25 Å². The molecule has 0 aliphatic carbocycles. The Bertz CT molecular complexity index is 854. The number of nitrogens with two attached hydrogens (primary N) is 1. The fraction of sp³-hybridized carbons (Fsp3) is 0.176. The molecule has 0 radical (unpaired) electrons. The van der Waals surface area contributed by atoms with Crippen molar-refractivity contribution in [3.63, 3.8) is 0 Å². The Kier molecular flexibility index (Phi) is 4.51. The number of benzene rings is 1. The second-order valence-corrected chi connectivity index (χ2v) is 5.35. The van der Waals surface area contributed by atoms with Crippen LogP contribution < -0.4 is 15.0 Å². The fourth-order valence-electron chi connectivity index (χ4n) is 2.26. The minimum Gasteiger partial charge on any atom is -0.497 e. The number of rotatable bonds is 5. The monoisotopic (exact) mass is 323 g/mol. The van der Waals surface area contributed by atoms with Gasteiger partial charge in [-0.3, -0.25) is 0 Å². The number of nitrogens with zero attached hydrogens (tertiary/aromatic N) is 5. The number of aryl methyl sites for hydroxylation is 1. The predicted octanol–water partition coefficient (Wildman–Crippen LogP) is 2.76. The minimum atomic E-state index is 0.485. The average Bonchev–Trinajstić information content (AvgIpc) is 2.94. The van der Waals surface area contributed by atoms with Crippen molar-refractivity contribution in [2.75, 3.05) is 12.8 Å². The Morgan fingerprint density at radius 2 is 2.00 bits per heavy atom. The minimum absolute atomic E-state index is 0.485. The summed E-state index contributed by atoms with van der Waals surface area (Å²) in [6.45, 7) is 0.582. The molecule has 0 unspecified atom stereocenters. The maximum atomic E-state index is 6.12. The topological polar surface area (TPSA) is 81.7 Å². The van der Waals surface area contributed by atoms with Crippen LogP contribution in [0.1, 0.15) is 5.56 Å². The number of ether oxygens (including phenoxy) is 1. The molecule has 2 N–H and O–H groups in total. The third kappa shape index (κ3) is 3.57. The summed E-state index contributed by atoms with van der Waals surface area (Å²) in [4.78, 5) is 0. The number of pyridine rings is 1. The van der Waals surface area contributed by atoms with Gasteiger partial charge in [0.25, 0.3) is 0 Å². The number of aromatic nitrogens is 3. The molecule has 0 saturated carbocycles. The van der Waals surface area contributed by atoms with Crippen LogP contribution in [0, 0.1) is 0 Å². The highest BCUT2D eigenvalue weighted by atomic mass is 16.5. The SMILES string of the molecule is COc1ccc(N=Nc2cnn(Cc3ccc[n+](C)c3)c2N)cc1. The van der Waals surface area contributed by atoms with Crippen molar-refractivity contribution in [2.45, 2.75) is 6.54 Å². The third-order valence-corrected chi connectivity index (χ3v) is 3.54. The van der Waals surface area contributed by atoms with Crippen LogP contribution in [-0.2, 0) is 13.6 Å². The van der Waals surface area contributed by atoms with Crippen molar-refractivity contribution in [1.29, 1.82) is 0 Å². The van der Waals surface area contributed by atoms with Gasteiger partial charge in [0.1, 0.15) is 24.3 Å². The van der Waals surface area contributed by atoms with Gasteiger partial charge in [0.15, 0.2) is 12.4 Å². The van der Waals surface area contributed by atoms with E-state index in [-0.39, 0.29) is 0 Å². The molecule has 3 aromatic rings. The molecule has 24 heavy (non-hydrogen) atoms. The second kappa shape index (κ2) is 6.91. The molecule has 7 heteroatoms. The number of hydrogen-bond donors (Lipinski definition) is 1. The Hall–Kier alpha value is -3.22. The molecule has 0 aliphatic rings. The van der Waals surface area contributed by atoms with E-state index in [4.69, 9.17) is 10.5 Å². The summed E-state index contributed by atoms with van der Waals surface area (Å²) < 4.78 is 8.80. The molecular formula is C17H19N6O+. The zero-order valence-electron chi connectivity index (χ0n) is 13.6. The Balaban J connectivity index is 1.75. The maximum absolute atomic E-state index is 6.12. The number of hydrogen-bond acceptors (Lipinski definition) is 5. The lowest BCUT2D eigenvalue weighted by Crippen LogP contribution is -2.27. The summed E-state index contributed by atoms with van der Waals surface area (Å²) in [5.74, 6) is 1.26. The van der Waals surface area contributed by atoms with Gasteiger partial charge < -0.3 is 10.5 Å². The highest BCUT2D eigenvalue weighted by molar-refractivity contribution is 5.56. The molecule has 7 nitrogen and oxygen atoms in total. The summed E-state index contributed by atoms with van der Waals surface area (Å²) in [6.07, 6.45) is 5.62. The van der Waals surface area contributed by atoms with Crippen LogP contribution in [0.4, 0.5) is 17.2 Å². The summed E-state index contributed by atoms with van der Waals surface area (Å²) in [5.41, 5.74) is 8.49. The van der Waals surface area contributed by atoms with Gasteiger partial charge in [-0.15, -0.1) is 5.11 Å². The molecule has 0 amide bonds. The van der Waals surface area contributed by atoms with E-state index in [9.17, 15) is 0 Å². The quantitative estimate of drug-likeness (QED) is 0.579. The van der Waals surface area contributed by atoms with Gasteiger partial charge in [0.05, 0.1) is 25.5 Å². The van der Waals surface area contributed by atoms with E-state index >= 15 is 0 Å². The highest BCUT2D eigenvalue weighted by Gasteiger charge is 2.09. The Labute approximate surface area is 140 Å². The van der Waals surface area contributed by atoms with E-state index in [1.165, 1.54) is 0 Å². The molecule has 0 atom stereocenters. The molecule has 122 valence electrons. The van der Waals surface area contributed by atoms with E-state index < -0.39 is 0 Å². The molecule has 3 rings (SSSR count). The van der Waals surface area contributed by atoms with Crippen LogP contribution in [0.3, 0.4) is 0 Å². The van der Waals surface area contributed by atoms with E-state index in [0.29, 0.717) is 18.1 Å². The zero-order valence-corrected chi connectivity index (χ0v) is 13.6. The number of anilines is 1. The zero-order chi connectivity index (χ0) is 16.9. The van der Waals surface area contributed by atoms with Crippen molar-refractivity contribution in [3.05, 3.63) is 60.6 Å². The van der Waals surface area contributed by atoms with Gasteiger partial charge in [-0.2, -0.15) is 10.2 Å². The Morgan fingerprint density at radius 3 is 2.71 bits per heavy atom. The van der Waals surface area contributed by atoms with Gasteiger partial charge in [-0.1, -0.05) is 0 Å². The lowest BCUT2D eigenvalue weighted by Gasteiger charge is -2.03. The van der Waals surface area contributed by atoms with Crippen LogP contribution >= 0.6 is 0 Å². The van der Waals surface area contributed by atoms with E-state index in [1.807, 2.05) is 60.4 Å². The van der Waals surface area contributed by atoms with E-state index in [2.05, 4.69) is 15.3 Å². The summed E-state index contributed by atoms with van der Waals surface area (Å²) >= 11 is 0. The third-order valence-electron chi connectivity index (χ3n) is 3.54. The molecule has 0 fully saturated rings. The van der Waals surface area contributed by atoms with Gasteiger partial charge >= 0.3 is 0 Å². The molecule has 1 aromatic carbocycles. The van der Waals surface area contributed by atoms with Crippen LogP contribution in [0.15, 0.2) is 65.2 Å². The number of nitrogen functional groups attached to an aromatic ring is 1. The van der Waals surface area contributed by atoms with Crippen molar-refractivity contribution >= 4 is 17.2 Å². The molecule has 0 saturated heterocycles. The molecule has 0 aliphatic heterocycles. The number of azo groups is 1. The van der Waals surface area contributed by atoms with Crippen molar-refractivity contribution in [2.24, 2.45) is 17.3 Å². The highest BCUT2D eigenvalue weighted by Crippen LogP contribution is 2.25. The first-order valence-electron chi connectivity index (χ1n) is 7.47. The molecule has 0 bridgehead atoms. The van der Waals surface area contributed by atoms with E-state index in [1.54, 1.807) is 18.0 Å². The van der Waals surface area contributed by atoms with Crippen LogP contribution in [0.2, 0.25) is 0 Å². The molecule has 0 spiro atoms. The summed E-state index contributed by atoms with van der Waals surface area (Å²) in [7, 11) is 3.60. The molecule has 2 aromatic heterocycles. The van der Waals surface area contributed by atoms with Gasteiger partial charge in [0, 0.05) is 11.6 Å². The standard InChI is InChI=1S/C17H19N6O/c1-22-9-3-4-13(11-22)12-23-17(18)16(10-19-23)21-20-14-5-7-15(24-2)8-6-14/h3-11H,12,18H2,1-2H3/q+1. The first kappa shape index (κ1) is 15.7. The Morgan fingerprint density at radius 1 is 1.21 bits per heavy atom. The number of methoxy groups -OCH3 is 1. The van der Waals surface area contributed by atoms with Crippen LogP contribution in [-0.4, -0.2) is 16.9 Å². The molecule has 2 heterocycles. The van der Waals surface area contributed by atoms with E-state index in [0.717, 1.165) is 17.0 Å². The maximum Gasteiger partial charge on any atom is 0.173 e. The summed E-state index contributed by atoms with van der Waals surface area (Å²) in [5, 5.41) is 12.7. The van der Waals surface area contributed by atoms with Crippen LogP contribution in [0.25, 0.3) is 0 Å². The fourth-order valence-corrected chi connectivity index (χ4v) is 2.26. The first-order valence-corrected chi connectivity index (χ1v) is 7.47. The first-order chi connectivity index (χ1) is 11.7. The summed E-state index contributed by atoms with van der Waals surface area (Å²) in [6, 6.07) is 11.3. The van der Waals surface area contributed by atoms with Crippen LogP contribution in [0.5, 0.6) is 5.75 Å². The van der Waals surface area contributed by atoms with Gasteiger partial charge in [0.2, 0.25) is 0 Å². The normalized spacial score (nSPS) is 11.1. The van der Waals surface area contributed by atoms with Gasteiger partial charge in [-0.05, 0) is 30.3 Å². The van der Waals surface area contributed by atoms with Crippen molar-refractivity contribution in [3.8, 4) is 5.75 Å².